The number of ether oxygens (including phenoxy) is 1. The van der Waals surface area contributed by atoms with Gasteiger partial charge in [0.2, 0.25) is 0 Å². The van der Waals surface area contributed by atoms with E-state index in [4.69, 9.17) is 4.74 Å². The third kappa shape index (κ3) is 4.80. The fraction of sp³-hybridized carbons (Fsp3) is 0.250. The van der Waals surface area contributed by atoms with Gasteiger partial charge in [0, 0.05) is 23.6 Å². The van der Waals surface area contributed by atoms with E-state index in [1.165, 1.54) is 30.0 Å². The van der Waals surface area contributed by atoms with Crippen molar-refractivity contribution in [3.63, 3.8) is 0 Å². The second kappa shape index (κ2) is 8.87. The van der Waals surface area contributed by atoms with Crippen molar-refractivity contribution in [2.75, 3.05) is 7.11 Å². The molecule has 2 aromatic carbocycles. The van der Waals surface area contributed by atoms with Gasteiger partial charge in [-0.15, -0.1) is 0 Å². The van der Waals surface area contributed by atoms with Gasteiger partial charge >= 0.3 is 5.97 Å². The molecule has 2 atom stereocenters. The minimum absolute atomic E-state index is 0.102. The van der Waals surface area contributed by atoms with Crippen LogP contribution in [0.25, 0.3) is 0 Å². The van der Waals surface area contributed by atoms with E-state index in [0.717, 1.165) is 11.3 Å². The Hall–Kier alpha value is -3.20. The number of aliphatic imine (C=N–C) groups is 2. The highest BCUT2D eigenvalue weighted by molar-refractivity contribution is 8.13. The van der Waals surface area contributed by atoms with Crippen LogP contribution in [0.4, 0.5) is 5.69 Å². The lowest BCUT2D eigenvalue weighted by Gasteiger charge is -2.25. The summed E-state index contributed by atoms with van der Waals surface area (Å²) in [6.07, 6.45) is 0. The van der Waals surface area contributed by atoms with Gasteiger partial charge in [0.25, 0.3) is 5.69 Å². The molecule has 1 aliphatic heterocycles. The zero-order valence-corrected chi connectivity index (χ0v) is 16.6. The third-order valence-corrected chi connectivity index (χ3v) is 5.44. The number of methoxy groups -OCH3 is 1. The molecule has 0 aliphatic carbocycles. The predicted molar refractivity (Wildman–Crippen MR) is 112 cm³/mol. The lowest BCUT2D eigenvalue weighted by Crippen LogP contribution is -2.31. The van der Waals surface area contributed by atoms with Crippen molar-refractivity contribution in [1.82, 2.24) is 0 Å². The Balaban J connectivity index is 1.87. The number of nitrogens with zero attached hydrogens (tertiary/aromatic N) is 3. The van der Waals surface area contributed by atoms with E-state index in [9.17, 15) is 20.0 Å². The number of carboxylic acid groups (broad SMARTS) is 1. The lowest BCUT2D eigenvalue weighted by molar-refractivity contribution is -0.384. The third-order valence-electron chi connectivity index (χ3n) is 4.50. The first-order valence-electron chi connectivity index (χ1n) is 8.75. The van der Waals surface area contributed by atoms with Gasteiger partial charge < -0.3 is 9.84 Å². The summed E-state index contributed by atoms with van der Waals surface area (Å²) in [6, 6.07) is 12.7. The molecule has 3 rings (SSSR count). The van der Waals surface area contributed by atoms with Gasteiger partial charge in [-0.2, -0.15) is 0 Å². The van der Waals surface area contributed by atoms with Crippen LogP contribution in [0.5, 0.6) is 5.75 Å². The number of hydrogen-bond donors (Lipinski definition) is 1. The maximum atomic E-state index is 11.8. The number of thioether (sulfide) groups is 1. The molecule has 0 radical (unpaired) electrons. The van der Waals surface area contributed by atoms with Crippen LogP contribution < -0.4 is 4.74 Å². The standard InChI is InChI=1S/C20H19N3O5S/c1-12-17(19(24)25)18(14-4-3-5-15(10-14)23(26)27)22-20(21-12)29-11-13-6-8-16(28-2)9-7-13/h3-10,17-18H,11H2,1-2H3,(H,24,25). The van der Waals surface area contributed by atoms with Crippen LogP contribution in [0.3, 0.4) is 0 Å². The van der Waals surface area contributed by atoms with E-state index >= 15 is 0 Å². The predicted octanol–water partition coefficient (Wildman–Crippen LogP) is 4.11. The molecule has 8 nitrogen and oxygen atoms in total. The van der Waals surface area contributed by atoms with E-state index in [0.29, 0.717) is 22.2 Å². The molecule has 0 fully saturated rings. The van der Waals surface area contributed by atoms with Gasteiger partial charge in [0.1, 0.15) is 11.7 Å². The van der Waals surface area contributed by atoms with Crippen molar-refractivity contribution in [1.29, 1.82) is 0 Å². The smallest absolute Gasteiger partial charge is 0.314 e. The fourth-order valence-corrected chi connectivity index (χ4v) is 3.90. The molecule has 150 valence electrons. The molecule has 0 saturated carbocycles. The molecule has 1 aliphatic rings. The van der Waals surface area contributed by atoms with Crippen LogP contribution in [0.15, 0.2) is 58.5 Å². The van der Waals surface area contributed by atoms with E-state index in [1.807, 2.05) is 24.3 Å². The van der Waals surface area contributed by atoms with Gasteiger partial charge in [-0.3, -0.25) is 19.9 Å². The van der Waals surface area contributed by atoms with Crippen LogP contribution in [0, 0.1) is 16.0 Å². The number of nitro benzene ring substituents is 1. The van der Waals surface area contributed by atoms with Crippen LogP contribution in [0.1, 0.15) is 24.1 Å². The highest BCUT2D eigenvalue weighted by atomic mass is 32.2. The quantitative estimate of drug-likeness (QED) is 0.563. The molecule has 29 heavy (non-hydrogen) atoms. The number of benzene rings is 2. The molecule has 1 heterocycles. The molecule has 0 saturated heterocycles. The Bertz CT molecular complexity index is 988. The fourth-order valence-electron chi connectivity index (χ4n) is 3.01. The molecule has 0 amide bonds. The molecular formula is C20H19N3O5S. The second-order valence-electron chi connectivity index (χ2n) is 6.41. The first-order chi connectivity index (χ1) is 13.9. The summed E-state index contributed by atoms with van der Waals surface area (Å²) in [5, 5.41) is 21.2. The maximum Gasteiger partial charge on any atom is 0.314 e. The van der Waals surface area contributed by atoms with Gasteiger partial charge in [-0.25, -0.2) is 4.99 Å². The lowest BCUT2D eigenvalue weighted by atomic mass is 9.89. The highest BCUT2D eigenvalue weighted by Crippen LogP contribution is 2.35. The average Bonchev–Trinajstić information content (AvgIpc) is 2.72. The zero-order valence-electron chi connectivity index (χ0n) is 15.8. The number of carboxylic acids is 1. The van der Waals surface area contributed by atoms with Crippen LogP contribution in [-0.2, 0) is 10.5 Å². The van der Waals surface area contributed by atoms with Crippen LogP contribution in [-0.4, -0.2) is 34.0 Å². The van der Waals surface area contributed by atoms with Gasteiger partial charge in [0.15, 0.2) is 5.17 Å². The number of hydrogen-bond acceptors (Lipinski definition) is 7. The SMILES string of the molecule is COc1ccc(CSC2=NC(c3cccc([N+](=O)[O-])c3)C(C(=O)O)C(C)=N2)cc1. The van der Waals surface area contributed by atoms with Crippen molar-refractivity contribution in [3.8, 4) is 5.75 Å². The number of rotatable bonds is 6. The van der Waals surface area contributed by atoms with E-state index < -0.39 is 22.9 Å². The Morgan fingerprint density at radius 3 is 2.62 bits per heavy atom. The second-order valence-corrected chi connectivity index (χ2v) is 7.36. The summed E-state index contributed by atoms with van der Waals surface area (Å²) in [7, 11) is 1.60. The summed E-state index contributed by atoms with van der Waals surface area (Å²) in [6.45, 7) is 1.64. The minimum Gasteiger partial charge on any atom is -0.497 e. The number of amidine groups is 1. The van der Waals surface area contributed by atoms with Gasteiger partial charge in [0.05, 0.1) is 18.1 Å². The van der Waals surface area contributed by atoms with Crippen molar-refractivity contribution < 1.29 is 19.6 Å². The molecule has 0 aromatic heterocycles. The summed E-state index contributed by atoms with van der Waals surface area (Å²) < 4.78 is 5.15. The largest absolute Gasteiger partial charge is 0.497 e. The van der Waals surface area contributed by atoms with E-state index in [-0.39, 0.29) is 5.69 Å². The van der Waals surface area contributed by atoms with E-state index in [1.54, 1.807) is 20.1 Å². The first kappa shape index (κ1) is 20.5. The molecular weight excluding hydrogens is 394 g/mol. The summed E-state index contributed by atoms with van der Waals surface area (Å²) in [5.41, 5.74) is 1.83. The summed E-state index contributed by atoms with van der Waals surface area (Å²) >= 11 is 1.39. The van der Waals surface area contributed by atoms with E-state index in [2.05, 4.69) is 9.98 Å². The number of aliphatic carboxylic acids is 1. The first-order valence-corrected chi connectivity index (χ1v) is 9.73. The van der Waals surface area contributed by atoms with Gasteiger partial charge in [-0.1, -0.05) is 36.0 Å². The monoisotopic (exact) mass is 413 g/mol. The van der Waals surface area contributed by atoms with Gasteiger partial charge in [-0.05, 0) is 30.2 Å². The molecule has 9 heteroatoms. The summed E-state index contributed by atoms with van der Waals surface area (Å²) in [5.74, 6) is -0.676. The van der Waals surface area contributed by atoms with Crippen molar-refractivity contribution in [2.45, 2.75) is 18.7 Å². The Morgan fingerprint density at radius 1 is 1.28 bits per heavy atom. The average molecular weight is 413 g/mol. The zero-order chi connectivity index (χ0) is 21.0. The van der Waals surface area contributed by atoms with Crippen molar-refractivity contribution in [3.05, 3.63) is 69.8 Å². The molecule has 1 N–H and O–H groups in total. The molecule has 2 aromatic rings. The Morgan fingerprint density at radius 2 is 2.00 bits per heavy atom. The van der Waals surface area contributed by atoms with Crippen molar-refractivity contribution >= 4 is 34.3 Å². The number of nitro groups is 1. The Kier molecular flexibility index (Phi) is 6.28. The number of carbonyl (C=O) groups is 1. The van der Waals surface area contributed by atoms with Crippen LogP contribution >= 0.6 is 11.8 Å². The normalized spacial score (nSPS) is 18.6. The topological polar surface area (TPSA) is 114 Å². The maximum absolute atomic E-state index is 11.8. The number of non-ortho nitro benzene ring substituents is 1. The highest BCUT2D eigenvalue weighted by Gasteiger charge is 2.35. The Labute approximate surface area is 171 Å². The molecule has 0 spiro atoms. The van der Waals surface area contributed by atoms with Crippen LogP contribution in [0.2, 0.25) is 0 Å². The van der Waals surface area contributed by atoms with Crippen molar-refractivity contribution in [2.24, 2.45) is 15.9 Å². The molecule has 0 bridgehead atoms. The summed E-state index contributed by atoms with van der Waals surface area (Å²) in [4.78, 5) is 31.3. The molecule has 2 unspecified atom stereocenters. The minimum atomic E-state index is -1.06.